The van der Waals surface area contributed by atoms with Gasteiger partial charge in [0.05, 0.1) is 12.1 Å². The molecular formula is C16H21N3O. The Balaban J connectivity index is 1.91. The third-order valence-electron chi connectivity index (χ3n) is 3.66. The monoisotopic (exact) mass is 271 g/mol. The van der Waals surface area contributed by atoms with Gasteiger partial charge in [0.1, 0.15) is 5.69 Å². The third-order valence-corrected chi connectivity index (χ3v) is 3.66. The van der Waals surface area contributed by atoms with Crippen LogP contribution in [-0.4, -0.2) is 24.0 Å². The second-order valence-electron chi connectivity index (χ2n) is 5.10. The number of hydrogen-bond acceptors (Lipinski definition) is 3. The Morgan fingerprint density at radius 3 is 3.00 bits per heavy atom. The molecule has 1 amide bonds. The molecule has 0 radical (unpaired) electrons. The normalized spacial score (nSPS) is 14.7. The van der Waals surface area contributed by atoms with Gasteiger partial charge in [-0.2, -0.15) is 0 Å². The average molecular weight is 271 g/mol. The van der Waals surface area contributed by atoms with E-state index in [1.54, 1.807) is 18.3 Å². The summed E-state index contributed by atoms with van der Waals surface area (Å²) in [7, 11) is 0. The van der Waals surface area contributed by atoms with Gasteiger partial charge >= 0.3 is 0 Å². The van der Waals surface area contributed by atoms with Gasteiger partial charge in [-0.25, -0.2) is 4.98 Å². The van der Waals surface area contributed by atoms with Gasteiger partial charge in [0.25, 0.3) is 5.91 Å². The summed E-state index contributed by atoms with van der Waals surface area (Å²) in [6.07, 6.45) is 7.93. The summed E-state index contributed by atoms with van der Waals surface area (Å²) in [5.74, 6) is 6.27. The second-order valence-corrected chi connectivity index (χ2v) is 5.10. The van der Waals surface area contributed by atoms with Crippen LogP contribution in [0.2, 0.25) is 0 Å². The molecule has 0 bridgehead atoms. The molecule has 1 fully saturated rings. The molecule has 3 N–H and O–H groups in total. The van der Waals surface area contributed by atoms with Gasteiger partial charge in [-0.1, -0.05) is 37.5 Å². The van der Waals surface area contributed by atoms with Crippen molar-refractivity contribution >= 4 is 5.91 Å². The summed E-state index contributed by atoms with van der Waals surface area (Å²) >= 11 is 0. The van der Waals surface area contributed by atoms with Crippen LogP contribution >= 0.6 is 0 Å². The summed E-state index contributed by atoms with van der Waals surface area (Å²) in [5, 5.41) is 2.94. The SMILES string of the molecule is NCC#Cc1cccnc1C(=O)NCCC1CCCC1. The van der Waals surface area contributed by atoms with Crippen LogP contribution in [0.15, 0.2) is 18.3 Å². The van der Waals surface area contributed by atoms with Gasteiger partial charge in [0.15, 0.2) is 0 Å². The zero-order valence-corrected chi connectivity index (χ0v) is 11.7. The predicted octanol–water partition coefficient (Wildman–Crippen LogP) is 1.70. The van der Waals surface area contributed by atoms with Gasteiger partial charge < -0.3 is 11.1 Å². The summed E-state index contributed by atoms with van der Waals surface area (Å²) in [6.45, 7) is 0.988. The van der Waals surface area contributed by atoms with Crippen molar-refractivity contribution in [2.24, 2.45) is 11.7 Å². The Kier molecular flexibility index (Phi) is 5.57. The van der Waals surface area contributed by atoms with Crippen LogP contribution in [0.4, 0.5) is 0 Å². The van der Waals surface area contributed by atoms with E-state index in [0.717, 1.165) is 12.3 Å². The summed E-state index contributed by atoms with van der Waals surface area (Å²) < 4.78 is 0. The van der Waals surface area contributed by atoms with Crippen molar-refractivity contribution in [1.29, 1.82) is 0 Å². The molecule has 0 aliphatic heterocycles. The van der Waals surface area contributed by atoms with Crippen LogP contribution in [0.3, 0.4) is 0 Å². The summed E-state index contributed by atoms with van der Waals surface area (Å²) in [4.78, 5) is 16.3. The van der Waals surface area contributed by atoms with Crippen molar-refractivity contribution in [2.45, 2.75) is 32.1 Å². The molecule has 20 heavy (non-hydrogen) atoms. The number of pyridine rings is 1. The van der Waals surface area contributed by atoms with Crippen molar-refractivity contribution in [1.82, 2.24) is 10.3 Å². The lowest BCUT2D eigenvalue weighted by atomic mass is 10.0. The number of rotatable bonds is 4. The van der Waals surface area contributed by atoms with Gasteiger partial charge in [0.2, 0.25) is 0 Å². The lowest BCUT2D eigenvalue weighted by Crippen LogP contribution is -2.27. The topological polar surface area (TPSA) is 68.0 Å². The Morgan fingerprint density at radius 1 is 1.45 bits per heavy atom. The molecule has 4 heteroatoms. The van der Waals surface area contributed by atoms with Crippen molar-refractivity contribution < 1.29 is 4.79 Å². The first-order valence-corrected chi connectivity index (χ1v) is 7.23. The molecule has 2 rings (SSSR count). The van der Waals surface area contributed by atoms with Gasteiger partial charge in [0, 0.05) is 12.7 Å². The molecule has 4 nitrogen and oxygen atoms in total. The molecule has 0 saturated heterocycles. The van der Waals surface area contributed by atoms with E-state index in [4.69, 9.17) is 5.73 Å². The van der Waals surface area contributed by atoms with E-state index in [-0.39, 0.29) is 12.5 Å². The highest BCUT2D eigenvalue weighted by atomic mass is 16.1. The molecule has 0 unspecified atom stereocenters. The van der Waals surface area contributed by atoms with E-state index in [0.29, 0.717) is 17.8 Å². The maximum atomic E-state index is 12.1. The Bertz CT molecular complexity index is 510. The van der Waals surface area contributed by atoms with Crippen molar-refractivity contribution in [2.75, 3.05) is 13.1 Å². The fourth-order valence-corrected chi connectivity index (χ4v) is 2.61. The smallest absolute Gasteiger partial charge is 0.271 e. The first-order valence-electron chi connectivity index (χ1n) is 7.23. The molecule has 1 aliphatic carbocycles. The molecule has 1 aliphatic rings. The Hall–Kier alpha value is -1.86. The molecular weight excluding hydrogens is 250 g/mol. The standard InChI is InChI=1S/C16H21N3O/c17-10-3-7-14-8-4-11-18-15(14)16(20)19-12-9-13-5-1-2-6-13/h4,8,11,13H,1-2,5-6,9-10,12,17H2,(H,19,20). The summed E-state index contributed by atoms with van der Waals surface area (Å²) in [6, 6.07) is 3.57. The van der Waals surface area contributed by atoms with E-state index in [2.05, 4.69) is 22.1 Å². The minimum absolute atomic E-state index is 0.148. The minimum Gasteiger partial charge on any atom is -0.351 e. The van der Waals surface area contributed by atoms with E-state index < -0.39 is 0 Å². The van der Waals surface area contributed by atoms with E-state index in [1.165, 1.54) is 25.7 Å². The molecule has 1 heterocycles. The number of carbonyl (C=O) groups is 1. The molecule has 1 aromatic heterocycles. The number of amides is 1. The molecule has 0 spiro atoms. The molecule has 0 aromatic carbocycles. The van der Waals surface area contributed by atoms with Gasteiger partial charge in [-0.15, -0.1) is 0 Å². The molecule has 1 saturated carbocycles. The van der Waals surface area contributed by atoms with Crippen LogP contribution in [0.5, 0.6) is 0 Å². The largest absolute Gasteiger partial charge is 0.351 e. The van der Waals surface area contributed by atoms with E-state index in [1.807, 2.05) is 0 Å². The van der Waals surface area contributed by atoms with Crippen LogP contribution in [-0.2, 0) is 0 Å². The Labute approximate surface area is 120 Å². The molecule has 106 valence electrons. The highest BCUT2D eigenvalue weighted by Crippen LogP contribution is 2.26. The number of nitrogens with zero attached hydrogens (tertiary/aromatic N) is 1. The van der Waals surface area contributed by atoms with Crippen molar-refractivity contribution in [3.05, 3.63) is 29.6 Å². The zero-order chi connectivity index (χ0) is 14.2. The van der Waals surface area contributed by atoms with Crippen LogP contribution in [0.1, 0.15) is 48.2 Å². The Morgan fingerprint density at radius 2 is 2.25 bits per heavy atom. The summed E-state index contributed by atoms with van der Waals surface area (Å²) in [5.41, 5.74) is 6.38. The number of aromatic nitrogens is 1. The second kappa shape index (κ2) is 7.66. The third kappa shape index (κ3) is 4.07. The lowest BCUT2D eigenvalue weighted by molar-refractivity contribution is 0.0946. The van der Waals surface area contributed by atoms with E-state index in [9.17, 15) is 4.79 Å². The number of carbonyl (C=O) groups excluding carboxylic acids is 1. The fraction of sp³-hybridized carbons (Fsp3) is 0.500. The van der Waals surface area contributed by atoms with Crippen molar-refractivity contribution in [3.63, 3.8) is 0 Å². The average Bonchev–Trinajstić information content (AvgIpc) is 2.98. The first kappa shape index (κ1) is 14.5. The minimum atomic E-state index is -0.148. The number of hydrogen-bond donors (Lipinski definition) is 2. The number of nitrogens with two attached hydrogens (primary N) is 1. The molecule has 0 atom stereocenters. The fourth-order valence-electron chi connectivity index (χ4n) is 2.61. The zero-order valence-electron chi connectivity index (χ0n) is 11.7. The lowest BCUT2D eigenvalue weighted by Gasteiger charge is -2.10. The van der Waals surface area contributed by atoms with Gasteiger partial charge in [-0.3, -0.25) is 4.79 Å². The highest BCUT2D eigenvalue weighted by Gasteiger charge is 2.16. The maximum absolute atomic E-state index is 12.1. The number of nitrogens with one attached hydrogen (secondary N) is 1. The maximum Gasteiger partial charge on any atom is 0.271 e. The van der Waals surface area contributed by atoms with Crippen LogP contribution in [0, 0.1) is 17.8 Å². The quantitative estimate of drug-likeness (QED) is 0.819. The van der Waals surface area contributed by atoms with Crippen molar-refractivity contribution in [3.8, 4) is 11.8 Å². The van der Waals surface area contributed by atoms with Gasteiger partial charge in [-0.05, 0) is 24.5 Å². The van der Waals surface area contributed by atoms with Crippen LogP contribution < -0.4 is 11.1 Å². The first-order chi connectivity index (χ1) is 9.81. The van der Waals surface area contributed by atoms with Crippen LogP contribution in [0.25, 0.3) is 0 Å². The predicted molar refractivity (Wildman–Crippen MR) is 79.1 cm³/mol. The highest BCUT2D eigenvalue weighted by molar-refractivity contribution is 5.94. The van der Waals surface area contributed by atoms with E-state index >= 15 is 0 Å². The molecule has 1 aromatic rings.